The van der Waals surface area contributed by atoms with Crippen LogP contribution in [0.4, 0.5) is 23.7 Å². The minimum atomic E-state index is -4.51. The van der Waals surface area contributed by atoms with Gasteiger partial charge in [-0.3, -0.25) is 9.29 Å². The van der Waals surface area contributed by atoms with Crippen LogP contribution in [0.15, 0.2) is 90.0 Å². The number of benzene rings is 3. The normalized spacial score (nSPS) is 12.0. The summed E-state index contributed by atoms with van der Waals surface area (Å²) in [4.78, 5) is 16.3. The van der Waals surface area contributed by atoms with Crippen molar-refractivity contribution in [1.82, 2.24) is 10.3 Å². The van der Waals surface area contributed by atoms with E-state index in [1.165, 1.54) is 37.3 Å². The SMILES string of the molecule is C[C@H](c1ccc(F)cc1COC(=O)NCCc1ccccn1)N(c1cc(F)ccc1F)S(=O)(=O)c1ccc(Cl)cc1. The highest BCUT2D eigenvalue weighted by Crippen LogP contribution is 2.37. The molecule has 0 saturated heterocycles. The summed E-state index contributed by atoms with van der Waals surface area (Å²) in [6, 6.07) is 15.3. The van der Waals surface area contributed by atoms with E-state index in [1.54, 1.807) is 18.3 Å². The molecule has 7 nitrogen and oxygen atoms in total. The molecule has 1 atom stereocenters. The molecule has 1 N–H and O–H groups in total. The Bertz CT molecular complexity index is 1620. The third kappa shape index (κ3) is 7.36. The molecular weight excluding hydrogens is 579 g/mol. The second-order valence-corrected chi connectivity index (χ2v) is 11.2. The van der Waals surface area contributed by atoms with E-state index in [9.17, 15) is 22.0 Å². The predicted molar refractivity (Wildman–Crippen MR) is 148 cm³/mol. The van der Waals surface area contributed by atoms with Crippen LogP contribution >= 0.6 is 11.6 Å². The molecule has 4 aromatic rings. The maximum Gasteiger partial charge on any atom is 0.407 e. The van der Waals surface area contributed by atoms with Gasteiger partial charge in [0.15, 0.2) is 0 Å². The average Bonchev–Trinajstić information content (AvgIpc) is 2.94. The molecule has 1 aromatic heterocycles. The van der Waals surface area contributed by atoms with Crippen molar-refractivity contribution < 1.29 is 31.1 Å². The smallest absolute Gasteiger partial charge is 0.407 e. The zero-order chi connectivity index (χ0) is 29.6. The molecule has 0 aliphatic rings. The van der Waals surface area contributed by atoms with Crippen LogP contribution in [0.1, 0.15) is 29.8 Å². The van der Waals surface area contributed by atoms with Gasteiger partial charge in [-0.15, -0.1) is 0 Å². The van der Waals surface area contributed by atoms with Gasteiger partial charge in [0.2, 0.25) is 0 Å². The summed E-state index contributed by atoms with van der Waals surface area (Å²) < 4.78 is 77.2. The number of halogens is 4. The fourth-order valence-corrected chi connectivity index (χ4v) is 5.95. The number of anilines is 1. The number of amides is 1. The molecule has 214 valence electrons. The summed E-state index contributed by atoms with van der Waals surface area (Å²) in [5, 5.41) is 2.85. The second kappa shape index (κ2) is 13.0. The molecule has 1 amide bonds. The van der Waals surface area contributed by atoms with Gasteiger partial charge >= 0.3 is 6.09 Å². The molecule has 0 aliphatic carbocycles. The van der Waals surface area contributed by atoms with Crippen LogP contribution in [0.2, 0.25) is 5.02 Å². The molecule has 0 unspecified atom stereocenters. The third-order valence-corrected chi connectivity index (χ3v) is 8.31. The summed E-state index contributed by atoms with van der Waals surface area (Å²) in [6.45, 7) is 1.24. The molecule has 41 heavy (non-hydrogen) atoms. The highest BCUT2D eigenvalue weighted by Gasteiger charge is 2.34. The van der Waals surface area contributed by atoms with Gasteiger partial charge in [0, 0.05) is 35.9 Å². The van der Waals surface area contributed by atoms with Gasteiger partial charge in [-0.05, 0) is 78.7 Å². The average molecular weight is 604 g/mol. The van der Waals surface area contributed by atoms with Crippen molar-refractivity contribution in [3.8, 4) is 0 Å². The number of carbonyl (C=O) groups is 1. The zero-order valence-electron chi connectivity index (χ0n) is 21.7. The zero-order valence-corrected chi connectivity index (χ0v) is 23.3. The van der Waals surface area contributed by atoms with Crippen molar-refractivity contribution in [2.45, 2.75) is 30.9 Å². The Balaban J connectivity index is 1.63. The number of sulfonamides is 1. The second-order valence-electron chi connectivity index (χ2n) is 8.94. The van der Waals surface area contributed by atoms with Gasteiger partial charge in [0.1, 0.15) is 24.1 Å². The van der Waals surface area contributed by atoms with Crippen LogP contribution in [0.3, 0.4) is 0 Å². The van der Waals surface area contributed by atoms with Gasteiger partial charge in [-0.1, -0.05) is 23.7 Å². The molecule has 0 spiro atoms. The van der Waals surface area contributed by atoms with Gasteiger partial charge < -0.3 is 10.1 Å². The predicted octanol–water partition coefficient (Wildman–Crippen LogP) is 6.58. The van der Waals surface area contributed by atoms with Crippen molar-refractivity contribution in [2.75, 3.05) is 10.8 Å². The van der Waals surface area contributed by atoms with Crippen molar-refractivity contribution in [1.29, 1.82) is 0 Å². The third-order valence-electron chi connectivity index (χ3n) is 6.16. The quantitative estimate of drug-likeness (QED) is 0.221. The molecular formula is C29H25ClF3N3O4S. The molecule has 4 rings (SSSR count). The maximum absolute atomic E-state index is 15.0. The topological polar surface area (TPSA) is 88.6 Å². The Labute approximate surface area is 240 Å². The number of rotatable bonds is 10. The van der Waals surface area contributed by atoms with E-state index in [2.05, 4.69) is 10.3 Å². The number of pyridine rings is 1. The summed E-state index contributed by atoms with van der Waals surface area (Å²) in [6.07, 6.45) is 1.30. The first kappa shape index (κ1) is 29.9. The van der Waals surface area contributed by atoms with E-state index in [-0.39, 0.29) is 27.6 Å². The van der Waals surface area contributed by atoms with Gasteiger partial charge in [-0.2, -0.15) is 0 Å². The molecule has 12 heteroatoms. The number of nitrogens with zero attached hydrogens (tertiary/aromatic N) is 2. The number of hydrogen-bond donors (Lipinski definition) is 1. The van der Waals surface area contributed by atoms with E-state index in [0.717, 1.165) is 36.0 Å². The van der Waals surface area contributed by atoms with Gasteiger partial charge in [-0.25, -0.2) is 26.4 Å². The highest BCUT2D eigenvalue weighted by atomic mass is 35.5. The number of nitrogens with one attached hydrogen (secondary N) is 1. The molecule has 0 aliphatic heterocycles. The lowest BCUT2D eigenvalue weighted by Crippen LogP contribution is -2.35. The maximum atomic E-state index is 15.0. The van der Waals surface area contributed by atoms with Crippen molar-refractivity contribution >= 4 is 33.4 Å². The standard InChI is InChI=1S/C29H25ClF3N3O4S/c1-19(36(28-17-23(32)8-12-27(28)33)41(38,39)25-9-5-21(30)6-10-25)26-11-7-22(31)16-20(26)18-40-29(37)35-15-13-24-4-2-3-14-34-24/h2-12,14,16-17,19H,13,15,18H2,1H3,(H,35,37)/t19-/m1/s1. The lowest BCUT2D eigenvalue weighted by Gasteiger charge is -2.32. The van der Waals surface area contributed by atoms with Crippen LogP contribution in [0.5, 0.6) is 0 Å². The van der Waals surface area contributed by atoms with Crippen LogP contribution < -0.4 is 9.62 Å². The Morgan fingerprint density at radius 3 is 2.41 bits per heavy atom. The summed E-state index contributed by atoms with van der Waals surface area (Å²) in [7, 11) is -4.51. The monoisotopic (exact) mass is 603 g/mol. The summed E-state index contributed by atoms with van der Waals surface area (Å²) >= 11 is 5.92. The molecule has 0 fully saturated rings. The lowest BCUT2D eigenvalue weighted by atomic mass is 10.0. The van der Waals surface area contributed by atoms with Crippen LogP contribution in [0, 0.1) is 17.5 Å². The molecule has 3 aromatic carbocycles. The Kier molecular flexibility index (Phi) is 9.51. The Morgan fingerprint density at radius 2 is 1.71 bits per heavy atom. The summed E-state index contributed by atoms with van der Waals surface area (Å²) in [5.41, 5.74) is 0.538. The first-order chi connectivity index (χ1) is 19.6. The van der Waals surface area contributed by atoms with Gasteiger partial charge in [0.05, 0.1) is 16.6 Å². The van der Waals surface area contributed by atoms with E-state index in [1.807, 2.05) is 6.07 Å². The van der Waals surface area contributed by atoms with Crippen molar-refractivity contribution in [3.05, 3.63) is 124 Å². The minimum Gasteiger partial charge on any atom is -0.445 e. The first-order valence-electron chi connectivity index (χ1n) is 12.4. The van der Waals surface area contributed by atoms with Crippen LogP contribution in [-0.4, -0.2) is 26.0 Å². The Hall–Kier alpha value is -4.09. The molecule has 0 saturated carbocycles. The summed E-state index contributed by atoms with van der Waals surface area (Å²) in [5.74, 6) is -2.53. The first-order valence-corrected chi connectivity index (χ1v) is 14.2. The number of hydrogen-bond acceptors (Lipinski definition) is 5. The minimum absolute atomic E-state index is 0.130. The number of aromatic nitrogens is 1. The number of carbonyl (C=O) groups excluding carboxylic acids is 1. The fraction of sp³-hybridized carbons (Fsp3) is 0.172. The largest absolute Gasteiger partial charge is 0.445 e. The molecule has 0 radical (unpaired) electrons. The molecule has 1 heterocycles. The van der Waals surface area contributed by atoms with Gasteiger partial charge in [0.25, 0.3) is 10.0 Å². The molecule has 0 bridgehead atoms. The number of ether oxygens (including phenoxy) is 1. The highest BCUT2D eigenvalue weighted by molar-refractivity contribution is 7.92. The Morgan fingerprint density at radius 1 is 1.00 bits per heavy atom. The van der Waals surface area contributed by atoms with Crippen molar-refractivity contribution in [3.63, 3.8) is 0 Å². The van der Waals surface area contributed by atoms with Crippen LogP contribution in [0.25, 0.3) is 0 Å². The number of alkyl carbamates (subject to hydrolysis) is 1. The van der Waals surface area contributed by atoms with Crippen LogP contribution in [-0.2, 0) is 27.8 Å². The van der Waals surface area contributed by atoms with Crippen molar-refractivity contribution in [2.24, 2.45) is 0 Å². The van der Waals surface area contributed by atoms with E-state index in [4.69, 9.17) is 16.3 Å². The van der Waals surface area contributed by atoms with E-state index < -0.39 is 51.9 Å². The lowest BCUT2D eigenvalue weighted by molar-refractivity contribution is 0.139. The van der Waals surface area contributed by atoms with E-state index >= 15 is 4.39 Å². The van der Waals surface area contributed by atoms with E-state index in [0.29, 0.717) is 10.7 Å². The fourth-order valence-electron chi connectivity index (χ4n) is 4.19.